The van der Waals surface area contributed by atoms with Gasteiger partial charge in [-0.1, -0.05) is 5.18 Å². The molecule has 2 fully saturated rings. The summed E-state index contributed by atoms with van der Waals surface area (Å²) in [6.45, 7) is 4.90. The van der Waals surface area contributed by atoms with Crippen molar-refractivity contribution in [2.24, 2.45) is 11.1 Å². The van der Waals surface area contributed by atoms with Crippen LogP contribution in [-0.4, -0.2) is 43.1 Å². The predicted molar refractivity (Wildman–Crippen MR) is 97.9 cm³/mol. The molecule has 2 aliphatic heterocycles. The number of thiophene rings is 1. The monoisotopic (exact) mass is 384 g/mol. The molecular formula is C19H26F2N2O2S. The van der Waals surface area contributed by atoms with Crippen LogP contribution in [0.4, 0.5) is 8.78 Å². The number of halogens is 2. The first-order valence-corrected chi connectivity index (χ1v) is 10.4. The summed E-state index contributed by atoms with van der Waals surface area (Å²) < 4.78 is 31.9. The number of nitroso groups, excluding NO2 is 1. The molecule has 3 heterocycles. The van der Waals surface area contributed by atoms with Crippen LogP contribution >= 0.6 is 11.3 Å². The number of piperidine rings is 1. The minimum atomic E-state index is -2.29. The molecule has 144 valence electrons. The zero-order valence-electron chi connectivity index (χ0n) is 15.1. The van der Waals surface area contributed by atoms with Crippen LogP contribution in [0, 0.1) is 10.8 Å². The van der Waals surface area contributed by atoms with Gasteiger partial charge in [-0.2, -0.15) is 4.91 Å². The van der Waals surface area contributed by atoms with E-state index < -0.39 is 6.43 Å². The molecule has 7 heteroatoms. The summed E-state index contributed by atoms with van der Waals surface area (Å²) in [7, 11) is 0. The lowest BCUT2D eigenvalue weighted by molar-refractivity contribution is -0.112. The summed E-state index contributed by atoms with van der Waals surface area (Å²) in [4.78, 5) is 15.0. The number of fused-ring (bicyclic) bond motifs is 2. The van der Waals surface area contributed by atoms with Crippen molar-refractivity contribution in [2.45, 2.75) is 69.6 Å². The van der Waals surface area contributed by atoms with Gasteiger partial charge in [-0.05, 0) is 56.6 Å². The third kappa shape index (κ3) is 3.45. The second-order valence-electron chi connectivity index (χ2n) is 8.15. The number of alkyl halides is 2. The van der Waals surface area contributed by atoms with E-state index in [2.05, 4.69) is 17.0 Å². The zero-order chi connectivity index (χ0) is 18.3. The first-order valence-electron chi connectivity index (χ1n) is 9.60. The first-order chi connectivity index (χ1) is 12.5. The SMILES string of the molecule is C[C@H]1C[C@@]2(CCN1CC1CC(N=O)C1)OCCc1cc(CC(F)F)sc12. The average Bonchev–Trinajstić information content (AvgIpc) is 2.96. The molecule has 26 heavy (non-hydrogen) atoms. The van der Waals surface area contributed by atoms with Gasteiger partial charge in [0, 0.05) is 35.3 Å². The molecule has 1 aromatic rings. The number of ether oxygens (including phenoxy) is 1. The molecule has 2 atom stereocenters. The molecule has 1 saturated heterocycles. The van der Waals surface area contributed by atoms with Gasteiger partial charge in [0.05, 0.1) is 12.6 Å². The van der Waals surface area contributed by atoms with Crippen molar-refractivity contribution >= 4 is 11.3 Å². The molecule has 0 N–H and O–H groups in total. The summed E-state index contributed by atoms with van der Waals surface area (Å²) in [6.07, 6.45) is 2.05. The fourth-order valence-electron chi connectivity index (χ4n) is 4.86. The van der Waals surface area contributed by atoms with Gasteiger partial charge in [-0.25, -0.2) is 8.78 Å². The Morgan fingerprint density at radius 1 is 1.46 bits per heavy atom. The van der Waals surface area contributed by atoms with Gasteiger partial charge in [0.2, 0.25) is 6.43 Å². The van der Waals surface area contributed by atoms with E-state index in [1.165, 1.54) is 21.8 Å². The Bertz CT molecular complexity index is 662. The number of hydrogen-bond acceptors (Lipinski definition) is 5. The molecule has 0 amide bonds. The largest absolute Gasteiger partial charge is 0.369 e. The van der Waals surface area contributed by atoms with Crippen molar-refractivity contribution < 1.29 is 13.5 Å². The van der Waals surface area contributed by atoms with E-state index >= 15 is 0 Å². The van der Waals surface area contributed by atoms with Crippen molar-refractivity contribution in [3.63, 3.8) is 0 Å². The van der Waals surface area contributed by atoms with Gasteiger partial charge in [0.1, 0.15) is 5.60 Å². The highest BCUT2D eigenvalue weighted by Gasteiger charge is 2.45. The van der Waals surface area contributed by atoms with Crippen LogP contribution in [0.15, 0.2) is 11.2 Å². The van der Waals surface area contributed by atoms with E-state index in [1.807, 2.05) is 6.07 Å². The highest BCUT2D eigenvalue weighted by atomic mass is 32.1. The van der Waals surface area contributed by atoms with Crippen molar-refractivity contribution in [1.29, 1.82) is 0 Å². The molecule has 4 nitrogen and oxygen atoms in total. The summed E-state index contributed by atoms with van der Waals surface area (Å²) in [5, 5.41) is 3.13. The van der Waals surface area contributed by atoms with Gasteiger partial charge in [-0.15, -0.1) is 11.3 Å². The predicted octanol–water partition coefficient (Wildman–Crippen LogP) is 4.35. The highest BCUT2D eigenvalue weighted by molar-refractivity contribution is 7.12. The Morgan fingerprint density at radius 3 is 2.96 bits per heavy atom. The van der Waals surface area contributed by atoms with Crippen LogP contribution in [0.5, 0.6) is 0 Å². The lowest BCUT2D eigenvalue weighted by Crippen LogP contribution is -2.52. The first kappa shape index (κ1) is 18.4. The van der Waals surface area contributed by atoms with E-state index in [4.69, 9.17) is 4.74 Å². The van der Waals surface area contributed by atoms with E-state index in [1.54, 1.807) is 0 Å². The van der Waals surface area contributed by atoms with Gasteiger partial charge < -0.3 is 9.64 Å². The van der Waals surface area contributed by atoms with E-state index in [-0.39, 0.29) is 18.1 Å². The Labute approximate surface area is 156 Å². The second-order valence-corrected chi connectivity index (χ2v) is 9.29. The lowest BCUT2D eigenvalue weighted by Gasteiger charge is -2.48. The number of hydrogen-bond donors (Lipinski definition) is 0. The number of rotatable bonds is 5. The minimum Gasteiger partial charge on any atom is -0.369 e. The Kier molecular flexibility index (Phi) is 5.14. The maximum Gasteiger partial charge on any atom is 0.243 e. The molecule has 1 aliphatic carbocycles. The summed E-state index contributed by atoms with van der Waals surface area (Å²) in [5.41, 5.74) is 0.928. The molecule has 4 rings (SSSR count). The average molecular weight is 384 g/mol. The smallest absolute Gasteiger partial charge is 0.243 e. The van der Waals surface area contributed by atoms with E-state index in [9.17, 15) is 13.7 Å². The molecule has 0 unspecified atom stereocenters. The van der Waals surface area contributed by atoms with Crippen LogP contribution in [0.3, 0.4) is 0 Å². The summed E-state index contributed by atoms with van der Waals surface area (Å²) in [6, 6.07) is 2.39. The molecule has 0 aromatic carbocycles. The molecule has 3 aliphatic rings. The molecule has 0 radical (unpaired) electrons. The van der Waals surface area contributed by atoms with Crippen LogP contribution in [0.2, 0.25) is 0 Å². The van der Waals surface area contributed by atoms with Crippen molar-refractivity contribution in [3.8, 4) is 0 Å². The standard InChI is InChI=1S/C19H26F2N2O2S/c1-12-10-19(3-4-23(12)11-13-6-15(7-13)22-24)18-14(2-5-25-19)8-16(26-18)9-17(20)21/h8,12-13,15,17H,2-7,9-11H2,1H3/t12-,13?,15?,19+/m0/s1. The number of likely N-dealkylation sites (tertiary alicyclic amines) is 1. The molecule has 0 bridgehead atoms. The topological polar surface area (TPSA) is 41.9 Å². The maximum atomic E-state index is 12.8. The van der Waals surface area contributed by atoms with Gasteiger partial charge in [0.15, 0.2) is 0 Å². The van der Waals surface area contributed by atoms with Gasteiger partial charge >= 0.3 is 0 Å². The molecular weight excluding hydrogens is 358 g/mol. The summed E-state index contributed by atoms with van der Waals surface area (Å²) >= 11 is 1.53. The second kappa shape index (κ2) is 7.24. The zero-order valence-corrected chi connectivity index (χ0v) is 15.9. The van der Waals surface area contributed by atoms with Crippen LogP contribution in [0.1, 0.15) is 47.9 Å². The van der Waals surface area contributed by atoms with Gasteiger partial charge in [-0.3, -0.25) is 0 Å². The van der Waals surface area contributed by atoms with Crippen LogP contribution < -0.4 is 0 Å². The highest BCUT2D eigenvalue weighted by Crippen LogP contribution is 2.47. The quantitative estimate of drug-likeness (QED) is 0.709. The van der Waals surface area contributed by atoms with Crippen LogP contribution in [-0.2, 0) is 23.2 Å². The van der Waals surface area contributed by atoms with Crippen molar-refractivity contribution in [3.05, 3.63) is 26.3 Å². The third-order valence-corrected chi connectivity index (χ3v) is 7.67. The van der Waals surface area contributed by atoms with Crippen molar-refractivity contribution in [1.82, 2.24) is 4.90 Å². The van der Waals surface area contributed by atoms with Gasteiger partial charge in [0.25, 0.3) is 0 Å². The fourth-order valence-corrected chi connectivity index (χ4v) is 6.26. The Balaban J connectivity index is 1.44. The maximum absolute atomic E-state index is 12.8. The number of nitrogens with zero attached hydrogens (tertiary/aromatic N) is 2. The lowest BCUT2D eigenvalue weighted by atomic mass is 9.78. The molecule has 1 saturated carbocycles. The van der Waals surface area contributed by atoms with Crippen LogP contribution in [0.25, 0.3) is 0 Å². The Hall–Kier alpha value is -0.920. The Morgan fingerprint density at radius 2 is 2.27 bits per heavy atom. The molecule has 1 spiro atoms. The normalized spacial score (nSPS) is 34.7. The van der Waals surface area contributed by atoms with E-state index in [0.29, 0.717) is 18.6 Å². The summed E-state index contributed by atoms with van der Waals surface area (Å²) in [5.74, 6) is 0.580. The third-order valence-electron chi connectivity index (χ3n) is 6.28. The molecule has 1 aromatic heterocycles. The van der Waals surface area contributed by atoms with E-state index in [0.717, 1.165) is 50.1 Å². The minimum absolute atomic E-state index is 0.0232. The fraction of sp³-hybridized carbons (Fsp3) is 0.789. The van der Waals surface area contributed by atoms with Crippen molar-refractivity contribution in [2.75, 3.05) is 19.7 Å².